The van der Waals surface area contributed by atoms with E-state index >= 15 is 0 Å². The first-order valence-corrected chi connectivity index (χ1v) is 12.5. The zero-order valence-electron chi connectivity index (χ0n) is 20.5. The molecule has 0 spiro atoms. The summed E-state index contributed by atoms with van der Waals surface area (Å²) in [5, 5.41) is 12.5. The number of carbonyl (C=O) groups is 3. The molecular weight excluding hydrogens is 444 g/mol. The van der Waals surface area contributed by atoms with E-state index in [-0.39, 0.29) is 24.9 Å². The van der Waals surface area contributed by atoms with Gasteiger partial charge in [0.05, 0.1) is 0 Å². The van der Waals surface area contributed by atoms with Crippen LogP contribution in [0.2, 0.25) is 0 Å². The van der Waals surface area contributed by atoms with Gasteiger partial charge in [-0.05, 0) is 48.4 Å². The van der Waals surface area contributed by atoms with E-state index in [1.54, 1.807) is 6.92 Å². The third kappa shape index (κ3) is 5.04. The lowest BCUT2D eigenvalue weighted by Gasteiger charge is -2.32. The van der Waals surface area contributed by atoms with Crippen LogP contribution in [-0.4, -0.2) is 52.7 Å². The molecule has 35 heavy (non-hydrogen) atoms. The fraction of sp³-hybridized carbons (Fsp3) is 0.464. The maximum atomic E-state index is 13.0. The monoisotopic (exact) mass is 478 g/mol. The Bertz CT molecular complexity index is 1050. The molecule has 2 aliphatic rings. The van der Waals surface area contributed by atoms with Gasteiger partial charge >= 0.3 is 12.1 Å². The molecule has 2 amide bonds. The van der Waals surface area contributed by atoms with Crippen molar-refractivity contribution in [2.75, 3.05) is 13.2 Å². The summed E-state index contributed by atoms with van der Waals surface area (Å²) in [4.78, 5) is 39.0. The van der Waals surface area contributed by atoms with Crippen molar-refractivity contribution in [3.63, 3.8) is 0 Å². The zero-order valence-corrected chi connectivity index (χ0v) is 20.5. The number of carbonyl (C=O) groups excluding carboxylic acids is 2. The summed E-state index contributed by atoms with van der Waals surface area (Å²) in [5.41, 5.74) is 3.42. The number of amides is 2. The standard InChI is InChI=1S/C28H34N2O5/c1-3-4-10-19(17-25(31)30-16-9-15-28(30,2)26(32)33)29-27(34)35-18-24-22-13-7-5-11-20(22)21-12-6-8-14-23(21)24/h5-8,11-14,19,24H,3-4,9-10,15-18H2,1-2H3,(H,29,34)(H,32,33)/t19-,28+/m0/s1. The third-order valence-electron chi connectivity index (χ3n) is 7.40. The molecule has 1 aliphatic carbocycles. The second kappa shape index (κ2) is 10.5. The van der Waals surface area contributed by atoms with E-state index in [4.69, 9.17) is 4.74 Å². The number of carboxylic acids is 1. The van der Waals surface area contributed by atoms with Crippen molar-refractivity contribution < 1.29 is 24.2 Å². The first kappa shape index (κ1) is 24.8. The van der Waals surface area contributed by atoms with Crippen molar-refractivity contribution in [3.05, 3.63) is 59.7 Å². The highest BCUT2D eigenvalue weighted by Crippen LogP contribution is 2.44. The van der Waals surface area contributed by atoms with Gasteiger partial charge in [0, 0.05) is 24.9 Å². The maximum Gasteiger partial charge on any atom is 0.407 e. The number of nitrogens with zero attached hydrogens (tertiary/aromatic N) is 1. The number of unbranched alkanes of at least 4 members (excludes halogenated alkanes) is 1. The first-order valence-electron chi connectivity index (χ1n) is 12.5. The van der Waals surface area contributed by atoms with Crippen LogP contribution in [0.3, 0.4) is 0 Å². The van der Waals surface area contributed by atoms with Crippen LogP contribution in [0.15, 0.2) is 48.5 Å². The van der Waals surface area contributed by atoms with Crippen LogP contribution in [0.4, 0.5) is 4.79 Å². The summed E-state index contributed by atoms with van der Waals surface area (Å²) in [7, 11) is 0. The Balaban J connectivity index is 1.40. The van der Waals surface area contributed by atoms with E-state index in [0.29, 0.717) is 25.8 Å². The van der Waals surface area contributed by atoms with Crippen LogP contribution < -0.4 is 5.32 Å². The molecule has 4 rings (SSSR count). The fourth-order valence-electron chi connectivity index (χ4n) is 5.39. The highest BCUT2D eigenvalue weighted by Gasteiger charge is 2.46. The van der Waals surface area contributed by atoms with Crippen LogP contribution in [0, 0.1) is 0 Å². The summed E-state index contributed by atoms with van der Waals surface area (Å²) in [6.07, 6.45) is 3.01. The quantitative estimate of drug-likeness (QED) is 0.532. The van der Waals surface area contributed by atoms with E-state index in [1.807, 2.05) is 31.2 Å². The van der Waals surface area contributed by atoms with E-state index in [0.717, 1.165) is 35.1 Å². The molecule has 0 saturated carbocycles. The molecule has 7 nitrogen and oxygen atoms in total. The van der Waals surface area contributed by atoms with Gasteiger partial charge < -0.3 is 20.1 Å². The first-order chi connectivity index (χ1) is 16.8. The molecule has 1 heterocycles. The molecule has 1 fully saturated rings. The summed E-state index contributed by atoms with van der Waals surface area (Å²) in [6.45, 7) is 4.28. The highest BCUT2D eigenvalue weighted by atomic mass is 16.5. The Morgan fingerprint density at radius 3 is 2.34 bits per heavy atom. The minimum absolute atomic E-state index is 0.0373. The lowest BCUT2D eigenvalue weighted by atomic mass is 9.98. The average Bonchev–Trinajstić information content (AvgIpc) is 3.40. The number of aliphatic carboxylic acids is 1. The van der Waals surface area contributed by atoms with E-state index in [1.165, 1.54) is 4.90 Å². The summed E-state index contributed by atoms with van der Waals surface area (Å²) in [6, 6.07) is 15.9. The lowest BCUT2D eigenvalue weighted by Crippen LogP contribution is -2.52. The number of benzene rings is 2. The zero-order chi connectivity index (χ0) is 25.0. The van der Waals surface area contributed by atoms with Gasteiger partial charge in [-0.25, -0.2) is 9.59 Å². The van der Waals surface area contributed by atoms with Gasteiger partial charge in [0.15, 0.2) is 0 Å². The lowest BCUT2D eigenvalue weighted by molar-refractivity contribution is -0.155. The van der Waals surface area contributed by atoms with Crippen molar-refractivity contribution in [3.8, 4) is 11.1 Å². The number of alkyl carbamates (subject to hydrolysis) is 1. The van der Waals surface area contributed by atoms with Crippen LogP contribution in [0.1, 0.15) is 69.4 Å². The van der Waals surface area contributed by atoms with Crippen molar-refractivity contribution >= 4 is 18.0 Å². The van der Waals surface area contributed by atoms with Crippen LogP contribution in [-0.2, 0) is 14.3 Å². The van der Waals surface area contributed by atoms with Crippen LogP contribution in [0.25, 0.3) is 11.1 Å². The number of fused-ring (bicyclic) bond motifs is 3. The molecule has 1 aliphatic heterocycles. The Hall–Kier alpha value is -3.35. The number of rotatable bonds is 9. The number of carboxylic acid groups (broad SMARTS) is 1. The summed E-state index contributed by atoms with van der Waals surface area (Å²) >= 11 is 0. The largest absolute Gasteiger partial charge is 0.480 e. The Morgan fingerprint density at radius 2 is 1.74 bits per heavy atom. The molecule has 0 unspecified atom stereocenters. The smallest absolute Gasteiger partial charge is 0.407 e. The maximum absolute atomic E-state index is 13.0. The van der Waals surface area contributed by atoms with E-state index < -0.39 is 23.6 Å². The van der Waals surface area contributed by atoms with Crippen LogP contribution >= 0.6 is 0 Å². The van der Waals surface area contributed by atoms with Gasteiger partial charge in [-0.15, -0.1) is 0 Å². The molecule has 2 atom stereocenters. The molecule has 2 aromatic carbocycles. The number of likely N-dealkylation sites (tertiary alicyclic amines) is 1. The van der Waals surface area contributed by atoms with Crippen LogP contribution in [0.5, 0.6) is 0 Å². The predicted octanol–water partition coefficient (Wildman–Crippen LogP) is 4.94. The number of ether oxygens (including phenoxy) is 1. The fourth-order valence-corrected chi connectivity index (χ4v) is 5.39. The summed E-state index contributed by atoms with van der Waals surface area (Å²) in [5.74, 6) is -1.27. The average molecular weight is 479 g/mol. The summed E-state index contributed by atoms with van der Waals surface area (Å²) < 4.78 is 5.67. The molecule has 0 aromatic heterocycles. The van der Waals surface area contributed by atoms with Gasteiger partial charge in [-0.2, -0.15) is 0 Å². The van der Waals surface area contributed by atoms with E-state index in [9.17, 15) is 19.5 Å². The van der Waals surface area contributed by atoms with Gasteiger partial charge in [0.25, 0.3) is 0 Å². The van der Waals surface area contributed by atoms with Crippen molar-refractivity contribution in [1.29, 1.82) is 0 Å². The molecule has 2 N–H and O–H groups in total. The third-order valence-corrected chi connectivity index (χ3v) is 7.40. The molecule has 0 radical (unpaired) electrons. The van der Waals surface area contributed by atoms with Gasteiger partial charge in [0.1, 0.15) is 12.1 Å². The normalized spacial score (nSPS) is 19.7. The minimum Gasteiger partial charge on any atom is -0.480 e. The Labute approximate surface area is 206 Å². The highest BCUT2D eigenvalue weighted by molar-refractivity contribution is 5.88. The topological polar surface area (TPSA) is 95.9 Å². The van der Waals surface area contributed by atoms with Gasteiger partial charge in [-0.3, -0.25) is 4.79 Å². The van der Waals surface area contributed by atoms with E-state index in [2.05, 4.69) is 29.6 Å². The van der Waals surface area contributed by atoms with Gasteiger partial charge in [0.2, 0.25) is 5.91 Å². The number of nitrogens with one attached hydrogen (secondary N) is 1. The van der Waals surface area contributed by atoms with Crippen molar-refractivity contribution in [2.45, 2.75) is 69.9 Å². The molecule has 1 saturated heterocycles. The second-order valence-electron chi connectivity index (χ2n) is 9.74. The van der Waals surface area contributed by atoms with Gasteiger partial charge in [-0.1, -0.05) is 68.3 Å². The Morgan fingerprint density at radius 1 is 1.11 bits per heavy atom. The van der Waals surface area contributed by atoms with Crippen molar-refractivity contribution in [2.24, 2.45) is 0 Å². The molecule has 7 heteroatoms. The number of hydrogen-bond donors (Lipinski definition) is 2. The van der Waals surface area contributed by atoms with Crippen molar-refractivity contribution in [1.82, 2.24) is 10.2 Å². The SMILES string of the molecule is CCCC[C@@H](CC(=O)N1CCC[C@]1(C)C(=O)O)NC(=O)OCC1c2ccccc2-c2ccccc21. The molecular formula is C28H34N2O5. The molecule has 186 valence electrons. The molecule has 0 bridgehead atoms. The molecule has 2 aromatic rings. The minimum atomic E-state index is -1.18. The second-order valence-corrected chi connectivity index (χ2v) is 9.74. The number of hydrogen-bond acceptors (Lipinski definition) is 4. The Kier molecular flexibility index (Phi) is 7.43. The predicted molar refractivity (Wildman–Crippen MR) is 133 cm³/mol.